The molecule has 0 unspecified atom stereocenters. The molecule has 0 aliphatic carbocycles. The fourth-order valence-corrected chi connectivity index (χ4v) is 3.58. The first-order valence-electron chi connectivity index (χ1n) is 10.9. The summed E-state index contributed by atoms with van der Waals surface area (Å²) in [5, 5.41) is 6.66. The Morgan fingerprint density at radius 2 is 1.81 bits per heavy atom. The Morgan fingerprint density at radius 1 is 1.06 bits per heavy atom. The second-order valence-corrected chi connectivity index (χ2v) is 8.10. The van der Waals surface area contributed by atoms with Crippen LogP contribution >= 0.6 is 0 Å². The number of hydrogen-bond acceptors (Lipinski definition) is 6. The van der Waals surface area contributed by atoms with Crippen LogP contribution < -0.4 is 15.5 Å². The molecule has 1 fully saturated rings. The molecule has 2 N–H and O–H groups in total. The summed E-state index contributed by atoms with van der Waals surface area (Å²) in [6, 6.07) is 12.3. The summed E-state index contributed by atoms with van der Waals surface area (Å²) < 4.78 is 5.64. The van der Waals surface area contributed by atoms with Gasteiger partial charge >= 0.3 is 0 Å². The van der Waals surface area contributed by atoms with E-state index in [9.17, 15) is 0 Å². The van der Waals surface area contributed by atoms with Crippen molar-refractivity contribution in [1.29, 1.82) is 0 Å². The van der Waals surface area contributed by atoms with Gasteiger partial charge in [-0.15, -0.1) is 0 Å². The Kier molecular flexibility index (Phi) is 7.01. The van der Waals surface area contributed by atoms with Gasteiger partial charge in [0.2, 0.25) is 5.89 Å². The summed E-state index contributed by atoms with van der Waals surface area (Å²) in [6.45, 7) is 7.39. The molecule has 8 heteroatoms. The number of benzene rings is 1. The normalized spacial score (nSPS) is 15.1. The van der Waals surface area contributed by atoms with E-state index >= 15 is 0 Å². The van der Waals surface area contributed by atoms with E-state index in [0.29, 0.717) is 24.9 Å². The van der Waals surface area contributed by atoms with Gasteiger partial charge in [0.15, 0.2) is 5.96 Å². The molecule has 168 valence electrons. The Balaban J connectivity index is 1.29. The van der Waals surface area contributed by atoms with E-state index < -0.39 is 0 Å². The second-order valence-electron chi connectivity index (χ2n) is 8.10. The first kappa shape index (κ1) is 21.8. The maximum atomic E-state index is 5.64. The number of aryl methyl sites for hydroxylation is 1. The van der Waals surface area contributed by atoms with Crippen molar-refractivity contribution in [2.75, 3.05) is 45.2 Å². The summed E-state index contributed by atoms with van der Waals surface area (Å²) in [5.74, 6) is 2.37. The lowest BCUT2D eigenvalue weighted by atomic mass is 10.1. The number of guanidine groups is 1. The average molecular weight is 434 g/mol. The number of nitrogens with zero attached hydrogens (tertiary/aromatic N) is 5. The van der Waals surface area contributed by atoms with Gasteiger partial charge in [0.25, 0.3) is 0 Å². The van der Waals surface area contributed by atoms with Crippen LogP contribution in [0.15, 0.2) is 58.3 Å². The van der Waals surface area contributed by atoms with Crippen LogP contribution in [0.2, 0.25) is 0 Å². The van der Waals surface area contributed by atoms with Crippen molar-refractivity contribution in [2.45, 2.75) is 20.0 Å². The summed E-state index contributed by atoms with van der Waals surface area (Å²) in [5.41, 5.74) is 4.17. The number of aromatic nitrogens is 2. The third-order valence-electron chi connectivity index (χ3n) is 5.61. The fourth-order valence-electron chi connectivity index (χ4n) is 3.58. The van der Waals surface area contributed by atoms with Crippen LogP contribution in [0.4, 0.5) is 5.82 Å². The molecule has 3 heterocycles. The van der Waals surface area contributed by atoms with E-state index in [-0.39, 0.29) is 0 Å². The molecular formula is C24H31N7O. The lowest BCUT2D eigenvalue weighted by molar-refractivity contribution is 0.312. The van der Waals surface area contributed by atoms with E-state index in [2.05, 4.69) is 67.6 Å². The van der Waals surface area contributed by atoms with Gasteiger partial charge in [0.1, 0.15) is 12.1 Å². The predicted molar refractivity (Wildman–Crippen MR) is 128 cm³/mol. The number of rotatable bonds is 6. The smallest absolute Gasteiger partial charge is 0.226 e. The first-order chi connectivity index (χ1) is 15.6. The van der Waals surface area contributed by atoms with E-state index in [1.165, 1.54) is 11.1 Å². The highest BCUT2D eigenvalue weighted by molar-refractivity contribution is 5.79. The number of hydrogen-bond donors (Lipinski definition) is 2. The molecule has 0 saturated carbocycles. The largest absolute Gasteiger partial charge is 0.444 e. The highest BCUT2D eigenvalue weighted by Gasteiger charge is 2.15. The number of likely N-dealkylation sites (N-methyl/N-ethyl adjacent to an activating group) is 1. The van der Waals surface area contributed by atoms with Crippen LogP contribution in [0.25, 0.3) is 11.5 Å². The quantitative estimate of drug-likeness (QED) is 0.457. The predicted octanol–water partition coefficient (Wildman–Crippen LogP) is 2.66. The summed E-state index contributed by atoms with van der Waals surface area (Å²) in [4.78, 5) is 18.1. The second kappa shape index (κ2) is 10.3. The van der Waals surface area contributed by atoms with E-state index in [1.807, 2.05) is 24.4 Å². The summed E-state index contributed by atoms with van der Waals surface area (Å²) >= 11 is 0. The van der Waals surface area contributed by atoms with Crippen molar-refractivity contribution in [3.05, 3.63) is 65.7 Å². The van der Waals surface area contributed by atoms with Gasteiger partial charge < -0.3 is 24.9 Å². The molecule has 0 atom stereocenters. The van der Waals surface area contributed by atoms with Gasteiger partial charge in [-0.2, -0.15) is 0 Å². The number of piperazine rings is 1. The standard InChI is InChI=1S/C24H31N7O/c1-18-4-6-20(7-5-18)23-29-21(17-32-23)16-28-24(25-2)27-15-19-8-9-26-22(14-19)31-12-10-30(3)11-13-31/h4-9,14,17H,10-13,15-16H2,1-3H3,(H2,25,27,28). The van der Waals surface area contributed by atoms with Gasteiger partial charge in [0, 0.05) is 51.5 Å². The zero-order valence-electron chi connectivity index (χ0n) is 19.0. The number of pyridine rings is 1. The highest BCUT2D eigenvalue weighted by Crippen LogP contribution is 2.19. The van der Waals surface area contributed by atoms with Crippen molar-refractivity contribution in [1.82, 2.24) is 25.5 Å². The van der Waals surface area contributed by atoms with Crippen LogP contribution in [0, 0.1) is 6.92 Å². The number of oxazole rings is 1. The van der Waals surface area contributed by atoms with Crippen molar-refractivity contribution >= 4 is 11.8 Å². The molecule has 8 nitrogen and oxygen atoms in total. The Bertz CT molecular complexity index is 1040. The highest BCUT2D eigenvalue weighted by atomic mass is 16.3. The first-order valence-corrected chi connectivity index (χ1v) is 10.9. The Labute approximate surface area is 189 Å². The molecule has 1 aromatic carbocycles. The third kappa shape index (κ3) is 5.64. The van der Waals surface area contributed by atoms with Crippen molar-refractivity contribution in [2.24, 2.45) is 4.99 Å². The zero-order valence-corrected chi connectivity index (χ0v) is 19.0. The van der Waals surface area contributed by atoms with E-state index in [1.54, 1.807) is 13.3 Å². The van der Waals surface area contributed by atoms with Gasteiger partial charge in [-0.25, -0.2) is 9.97 Å². The number of aliphatic imine (C=N–C) groups is 1. The summed E-state index contributed by atoms with van der Waals surface area (Å²) in [7, 11) is 3.92. The molecule has 1 aliphatic heterocycles. The van der Waals surface area contributed by atoms with Crippen molar-refractivity contribution in [3.63, 3.8) is 0 Å². The average Bonchev–Trinajstić information content (AvgIpc) is 3.29. The molecule has 0 bridgehead atoms. The van der Waals surface area contributed by atoms with Gasteiger partial charge in [-0.1, -0.05) is 17.7 Å². The van der Waals surface area contributed by atoms with Crippen LogP contribution in [-0.2, 0) is 13.1 Å². The number of nitrogens with one attached hydrogen (secondary N) is 2. The van der Waals surface area contributed by atoms with E-state index in [0.717, 1.165) is 43.3 Å². The molecule has 4 rings (SSSR count). The van der Waals surface area contributed by atoms with Crippen LogP contribution in [0.3, 0.4) is 0 Å². The van der Waals surface area contributed by atoms with Gasteiger partial charge in [-0.05, 0) is 43.8 Å². The van der Waals surface area contributed by atoms with Crippen LogP contribution in [0.1, 0.15) is 16.8 Å². The lowest BCUT2D eigenvalue weighted by Gasteiger charge is -2.33. The van der Waals surface area contributed by atoms with Crippen LogP contribution in [-0.4, -0.2) is 61.1 Å². The minimum absolute atomic E-state index is 0.526. The number of anilines is 1. The molecule has 0 radical (unpaired) electrons. The minimum atomic E-state index is 0.526. The maximum absolute atomic E-state index is 5.64. The maximum Gasteiger partial charge on any atom is 0.226 e. The molecule has 0 amide bonds. The molecule has 1 saturated heterocycles. The Morgan fingerprint density at radius 3 is 2.56 bits per heavy atom. The Hall–Kier alpha value is -3.39. The molecule has 3 aromatic rings. The monoisotopic (exact) mass is 433 g/mol. The molecule has 32 heavy (non-hydrogen) atoms. The van der Waals surface area contributed by atoms with Crippen molar-refractivity contribution < 1.29 is 4.42 Å². The summed E-state index contributed by atoms with van der Waals surface area (Å²) in [6.07, 6.45) is 3.56. The minimum Gasteiger partial charge on any atom is -0.444 e. The zero-order chi connectivity index (χ0) is 22.3. The van der Waals surface area contributed by atoms with Gasteiger partial charge in [0.05, 0.1) is 12.2 Å². The lowest BCUT2D eigenvalue weighted by Crippen LogP contribution is -2.44. The van der Waals surface area contributed by atoms with Crippen LogP contribution in [0.5, 0.6) is 0 Å². The van der Waals surface area contributed by atoms with Gasteiger partial charge in [-0.3, -0.25) is 4.99 Å². The van der Waals surface area contributed by atoms with E-state index in [4.69, 9.17) is 4.42 Å². The molecule has 2 aromatic heterocycles. The third-order valence-corrected chi connectivity index (χ3v) is 5.61. The molecule has 0 spiro atoms. The molecular weight excluding hydrogens is 402 g/mol. The molecule has 1 aliphatic rings. The SMILES string of the molecule is CN=C(NCc1ccnc(N2CCN(C)CC2)c1)NCc1coc(-c2ccc(C)cc2)n1. The van der Waals surface area contributed by atoms with Crippen molar-refractivity contribution in [3.8, 4) is 11.5 Å². The fraction of sp³-hybridized carbons (Fsp3) is 0.375. The topological polar surface area (TPSA) is 81.8 Å².